The molecule has 1 amide bonds. The molecule has 0 bridgehead atoms. The van der Waals surface area contributed by atoms with Gasteiger partial charge in [-0.05, 0) is 55.5 Å². The third-order valence-electron chi connectivity index (χ3n) is 5.83. The van der Waals surface area contributed by atoms with Gasteiger partial charge in [-0.2, -0.15) is 9.50 Å². The highest BCUT2D eigenvalue weighted by atomic mass is 16.3. The van der Waals surface area contributed by atoms with Crippen molar-refractivity contribution < 1.29 is 9.90 Å². The quantitative estimate of drug-likeness (QED) is 0.632. The van der Waals surface area contributed by atoms with Gasteiger partial charge in [0.2, 0.25) is 11.9 Å². The smallest absolute Gasteiger partial charge is 0.247 e. The van der Waals surface area contributed by atoms with Crippen LogP contribution in [0.2, 0.25) is 0 Å². The van der Waals surface area contributed by atoms with E-state index in [2.05, 4.69) is 20.7 Å². The van der Waals surface area contributed by atoms with Crippen LogP contribution in [0.4, 0.5) is 23.1 Å². The average Bonchev–Trinajstić information content (AvgIpc) is 3.25. The van der Waals surface area contributed by atoms with Gasteiger partial charge in [0, 0.05) is 24.5 Å². The molecule has 0 spiro atoms. The Kier molecular flexibility index (Phi) is 4.35. The molecule has 0 saturated heterocycles. The van der Waals surface area contributed by atoms with E-state index in [4.69, 9.17) is 0 Å². The van der Waals surface area contributed by atoms with Gasteiger partial charge in [0.15, 0.2) is 5.65 Å². The zero-order valence-electron chi connectivity index (χ0n) is 16.3. The largest absolute Gasteiger partial charge is 0.393 e. The molecule has 8 heteroatoms. The topological polar surface area (TPSA) is 94.8 Å². The standard InChI is InChI=1S/C21H24N6O2/c1-26-17-12-15(6-5-13(17)11-20(26)29)23-21-24-19-4-2-3-18(27(19)25-21)22-14-7-9-16(28)10-8-14/h2-6,12,14,16,22,28H,7-11H2,1H3,(H,23,25). The summed E-state index contributed by atoms with van der Waals surface area (Å²) in [7, 11) is 1.79. The summed E-state index contributed by atoms with van der Waals surface area (Å²) in [5, 5.41) is 21.1. The fraction of sp³-hybridized carbons (Fsp3) is 0.381. The van der Waals surface area contributed by atoms with Crippen LogP contribution in [0.3, 0.4) is 0 Å². The maximum absolute atomic E-state index is 11.9. The lowest BCUT2D eigenvalue weighted by Gasteiger charge is -2.26. The van der Waals surface area contributed by atoms with Crippen molar-refractivity contribution >= 4 is 34.7 Å². The number of aliphatic hydroxyl groups excluding tert-OH is 1. The van der Waals surface area contributed by atoms with Crippen molar-refractivity contribution in [3.63, 3.8) is 0 Å². The van der Waals surface area contributed by atoms with E-state index in [-0.39, 0.29) is 12.0 Å². The molecule has 0 radical (unpaired) electrons. The lowest BCUT2D eigenvalue weighted by atomic mass is 9.93. The number of nitrogens with one attached hydrogen (secondary N) is 2. The summed E-state index contributed by atoms with van der Waals surface area (Å²) in [4.78, 5) is 18.2. The van der Waals surface area contributed by atoms with Crippen LogP contribution >= 0.6 is 0 Å². The number of fused-ring (bicyclic) bond motifs is 2. The van der Waals surface area contributed by atoms with Gasteiger partial charge in [0.1, 0.15) is 5.82 Å². The van der Waals surface area contributed by atoms with Gasteiger partial charge >= 0.3 is 0 Å². The highest BCUT2D eigenvalue weighted by Crippen LogP contribution is 2.31. The Morgan fingerprint density at radius 2 is 1.97 bits per heavy atom. The van der Waals surface area contributed by atoms with E-state index < -0.39 is 0 Å². The number of nitrogens with zero attached hydrogens (tertiary/aromatic N) is 4. The number of aliphatic hydroxyl groups is 1. The van der Waals surface area contributed by atoms with Crippen LogP contribution in [0.25, 0.3) is 5.65 Å². The first-order valence-corrected chi connectivity index (χ1v) is 10.0. The molecule has 1 fully saturated rings. The van der Waals surface area contributed by atoms with E-state index in [0.717, 1.165) is 54.1 Å². The number of benzene rings is 1. The number of carbonyl (C=O) groups is 1. The molecular formula is C21H24N6O2. The van der Waals surface area contributed by atoms with Crippen LogP contribution in [0.5, 0.6) is 0 Å². The third-order valence-corrected chi connectivity index (χ3v) is 5.83. The van der Waals surface area contributed by atoms with Crippen molar-refractivity contribution in [1.82, 2.24) is 14.6 Å². The normalized spacial score (nSPS) is 21.4. The minimum absolute atomic E-state index is 0.106. The summed E-state index contributed by atoms with van der Waals surface area (Å²) in [6.07, 6.45) is 3.82. The van der Waals surface area contributed by atoms with Gasteiger partial charge in [-0.25, -0.2) is 0 Å². The van der Waals surface area contributed by atoms with Gasteiger partial charge in [-0.1, -0.05) is 12.1 Å². The van der Waals surface area contributed by atoms with E-state index in [1.54, 1.807) is 16.5 Å². The lowest BCUT2D eigenvalue weighted by Crippen LogP contribution is -2.29. The predicted octanol–water partition coefficient (Wildman–Crippen LogP) is 2.71. The molecule has 29 heavy (non-hydrogen) atoms. The number of likely N-dealkylation sites (N-methyl/N-ethyl adjacent to an activating group) is 1. The average molecular weight is 392 g/mol. The van der Waals surface area contributed by atoms with Crippen LogP contribution < -0.4 is 15.5 Å². The van der Waals surface area contributed by atoms with E-state index in [9.17, 15) is 9.90 Å². The van der Waals surface area contributed by atoms with Crippen molar-refractivity contribution in [2.24, 2.45) is 0 Å². The minimum Gasteiger partial charge on any atom is -0.393 e. The van der Waals surface area contributed by atoms with Crippen LogP contribution in [0.1, 0.15) is 31.2 Å². The summed E-state index contributed by atoms with van der Waals surface area (Å²) in [5.74, 6) is 1.50. The second-order valence-corrected chi connectivity index (χ2v) is 7.86. The molecule has 2 aliphatic rings. The molecule has 150 valence electrons. The second-order valence-electron chi connectivity index (χ2n) is 7.86. The van der Waals surface area contributed by atoms with Crippen molar-refractivity contribution in [3.05, 3.63) is 42.0 Å². The Morgan fingerprint density at radius 1 is 1.14 bits per heavy atom. The zero-order valence-corrected chi connectivity index (χ0v) is 16.3. The van der Waals surface area contributed by atoms with Gasteiger partial charge < -0.3 is 20.6 Å². The van der Waals surface area contributed by atoms with Crippen LogP contribution in [-0.4, -0.2) is 44.8 Å². The molecular weight excluding hydrogens is 368 g/mol. The highest BCUT2D eigenvalue weighted by Gasteiger charge is 2.24. The first-order chi connectivity index (χ1) is 14.1. The Morgan fingerprint density at radius 3 is 2.79 bits per heavy atom. The van der Waals surface area contributed by atoms with Crippen LogP contribution in [0, 0.1) is 0 Å². The number of hydrogen-bond donors (Lipinski definition) is 3. The molecule has 3 N–H and O–H groups in total. The number of amides is 1. The highest BCUT2D eigenvalue weighted by molar-refractivity contribution is 6.01. The Hall–Kier alpha value is -3.13. The Labute approximate surface area is 168 Å². The first kappa shape index (κ1) is 17.9. The summed E-state index contributed by atoms with van der Waals surface area (Å²) < 4.78 is 1.80. The molecule has 1 aliphatic heterocycles. The monoisotopic (exact) mass is 392 g/mol. The maximum Gasteiger partial charge on any atom is 0.247 e. The minimum atomic E-state index is -0.173. The fourth-order valence-electron chi connectivity index (χ4n) is 4.15. The predicted molar refractivity (Wildman–Crippen MR) is 112 cm³/mol. The molecule has 1 aliphatic carbocycles. The van der Waals surface area contributed by atoms with Crippen LogP contribution in [-0.2, 0) is 11.2 Å². The first-order valence-electron chi connectivity index (χ1n) is 10.0. The van der Waals surface area contributed by atoms with Crippen molar-refractivity contribution in [1.29, 1.82) is 0 Å². The Bertz CT molecular complexity index is 1070. The molecule has 5 rings (SSSR count). The molecule has 0 unspecified atom stereocenters. The molecule has 0 atom stereocenters. The molecule has 2 aromatic heterocycles. The van der Waals surface area contributed by atoms with Gasteiger partial charge in [0.25, 0.3) is 0 Å². The third kappa shape index (κ3) is 3.40. The molecule has 1 aromatic carbocycles. The Balaban J connectivity index is 1.38. The van der Waals surface area contributed by atoms with Gasteiger partial charge in [-0.3, -0.25) is 4.79 Å². The summed E-state index contributed by atoms with van der Waals surface area (Å²) in [6.45, 7) is 0. The number of rotatable bonds is 4. The summed E-state index contributed by atoms with van der Waals surface area (Å²) in [6, 6.07) is 12.1. The molecule has 3 heterocycles. The number of pyridine rings is 1. The second kappa shape index (κ2) is 7.04. The SMILES string of the molecule is CN1C(=O)Cc2ccc(Nc3nc4cccc(NC5CCC(O)CC5)n4n3)cc21. The molecule has 1 saturated carbocycles. The van der Waals surface area contributed by atoms with Crippen molar-refractivity contribution in [3.8, 4) is 0 Å². The number of carbonyl (C=O) groups excluding carboxylic acids is 1. The lowest BCUT2D eigenvalue weighted by molar-refractivity contribution is -0.117. The van der Waals surface area contributed by atoms with Gasteiger partial charge in [0.05, 0.1) is 12.5 Å². The van der Waals surface area contributed by atoms with Crippen molar-refractivity contribution in [2.45, 2.75) is 44.2 Å². The number of anilines is 4. The number of hydrogen-bond acceptors (Lipinski definition) is 6. The fourth-order valence-corrected chi connectivity index (χ4v) is 4.15. The van der Waals surface area contributed by atoms with E-state index >= 15 is 0 Å². The number of aromatic nitrogens is 3. The summed E-state index contributed by atoms with van der Waals surface area (Å²) in [5.41, 5.74) is 3.56. The molecule has 3 aromatic rings. The summed E-state index contributed by atoms with van der Waals surface area (Å²) >= 11 is 0. The van der Waals surface area contributed by atoms with E-state index in [0.29, 0.717) is 18.4 Å². The maximum atomic E-state index is 11.9. The van der Waals surface area contributed by atoms with E-state index in [1.807, 2.05) is 36.4 Å². The molecule has 8 nitrogen and oxygen atoms in total. The van der Waals surface area contributed by atoms with Crippen LogP contribution in [0.15, 0.2) is 36.4 Å². The zero-order chi connectivity index (χ0) is 20.0. The van der Waals surface area contributed by atoms with E-state index in [1.165, 1.54) is 0 Å². The van der Waals surface area contributed by atoms with Crippen molar-refractivity contribution in [2.75, 3.05) is 22.6 Å². The van der Waals surface area contributed by atoms with Gasteiger partial charge in [-0.15, -0.1) is 5.10 Å².